The van der Waals surface area contributed by atoms with E-state index in [9.17, 15) is 9.90 Å². The molecule has 4 heteroatoms. The summed E-state index contributed by atoms with van der Waals surface area (Å²) >= 11 is 0. The molecule has 0 aliphatic heterocycles. The summed E-state index contributed by atoms with van der Waals surface area (Å²) in [4.78, 5) is 15.6. The second-order valence-electron chi connectivity index (χ2n) is 3.44. The van der Waals surface area contributed by atoms with E-state index in [1.54, 1.807) is 12.3 Å². The lowest BCUT2D eigenvalue weighted by Gasteiger charge is -2.09. The number of nitrogens with zero attached hydrogens (tertiary/aromatic N) is 1. The van der Waals surface area contributed by atoms with Crippen molar-refractivity contribution in [3.8, 4) is 0 Å². The molecular formula is C11H16N2O2. The number of pyridine rings is 1. The van der Waals surface area contributed by atoms with E-state index in [0.29, 0.717) is 12.1 Å². The minimum atomic E-state index is -0.488. The molecule has 0 radical (unpaired) electrons. The summed E-state index contributed by atoms with van der Waals surface area (Å²) in [5.74, 6) is -0.236. The lowest BCUT2D eigenvalue weighted by molar-refractivity contribution is 0.0908. The van der Waals surface area contributed by atoms with Crippen LogP contribution in [0.1, 0.15) is 29.4 Å². The van der Waals surface area contributed by atoms with Crippen LogP contribution in [-0.4, -0.2) is 28.6 Å². The van der Waals surface area contributed by atoms with Crippen LogP contribution >= 0.6 is 0 Å². The highest BCUT2D eigenvalue weighted by molar-refractivity contribution is 5.93. The first kappa shape index (κ1) is 11.7. The highest BCUT2D eigenvalue weighted by Crippen LogP contribution is 2.02. The lowest BCUT2D eigenvalue weighted by atomic mass is 10.2. The van der Waals surface area contributed by atoms with Crippen LogP contribution in [0.5, 0.6) is 0 Å². The van der Waals surface area contributed by atoms with E-state index in [1.165, 1.54) is 0 Å². The zero-order chi connectivity index (χ0) is 11.3. The number of carbonyl (C=O) groups is 1. The van der Waals surface area contributed by atoms with Gasteiger partial charge in [0.15, 0.2) is 0 Å². The summed E-state index contributed by atoms with van der Waals surface area (Å²) in [7, 11) is 0. The predicted octanol–water partition coefficient (Wildman–Crippen LogP) is 0.891. The average molecular weight is 208 g/mol. The van der Waals surface area contributed by atoms with Gasteiger partial charge in [0.2, 0.25) is 0 Å². The molecule has 0 saturated heterocycles. The molecule has 1 aromatic heterocycles. The maximum absolute atomic E-state index is 11.6. The molecule has 1 aromatic rings. The van der Waals surface area contributed by atoms with Gasteiger partial charge in [-0.15, -0.1) is 0 Å². The molecule has 1 rings (SSSR count). The Balaban J connectivity index is 2.58. The summed E-state index contributed by atoms with van der Waals surface area (Å²) in [6, 6.07) is 3.62. The van der Waals surface area contributed by atoms with Crippen LogP contribution in [0.15, 0.2) is 18.3 Å². The SMILES string of the molecule is CCC(O)CNC(=O)c1ncccc1C. The van der Waals surface area contributed by atoms with Gasteiger partial charge in [0, 0.05) is 12.7 Å². The van der Waals surface area contributed by atoms with Crippen molar-refractivity contribution in [3.63, 3.8) is 0 Å². The van der Waals surface area contributed by atoms with Crippen molar-refractivity contribution in [3.05, 3.63) is 29.6 Å². The molecule has 1 amide bonds. The number of aliphatic hydroxyl groups is 1. The predicted molar refractivity (Wildman–Crippen MR) is 57.6 cm³/mol. The summed E-state index contributed by atoms with van der Waals surface area (Å²) in [5.41, 5.74) is 1.25. The third-order valence-electron chi connectivity index (χ3n) is 2.19. The number of hydrogen-bond donors (Lipinski definition) is 2. The Morgan fingerprint density at radius 3 is 3.00 bits per heavy atom. The quantitative estimate of drug-likeness (QED) is 0.772. The normalized spacial score (nSPS) is 12.2. The maximum Gasteiger partial charge on any atom is 0.270 e. The van der Waals surface area contributed by atoms with Crippen molar-refractivity contribution in [1.29, 1.82) is 0 Å². The van der Waals surface area contributed by atoms with Crippen molar-refractivity contribution in [2.24, 2.45) is 0 Å². The standard InChI is InChI=1S/C11H16N2O2/c1-3-9(14)7-13-11(15)10-8(2)5-4-6-12-10/h4-6,9,14H,3,7H2,1-2H3,(H,13,15). The van der Waals surface area contributed by atoms with Crippen LogP contribution in [-0.2, 0) is 0 Å². The summed E-state index contributed by atoms with van der Waals surface area (Å²) in [6.45, 7) is 3.96. The number of aromatic nitrogens is 1. The molecule has 0 aliphatic rings. The molecule has 1 unspecified atom stereocenters. The van der Waals surface area contributed by atoms with E-state index < -0.39 is 6.10 Å². The molecule has 2 N–H and O–H groups in total. The third-order valence-corrected chi connectivity index (χ3v) is 2.19. The van der Waals surface area contributed by atoms with Gasteiger partial charge in [-0.2, -0.15) is 0 Å². The summed E-state index contributed by atoms with van der Waals surface area (Å²) < 4.78 is 0. The lowest BCUT2D eigenvalue weighted by Crippen LogP contribution is -2.32. The highest BCUT2D eigenvalue weighted by Gasteiger charge is 2.10. The van der Waals surface area contributed by atoms with E-state index in [2.05, 4.69) is 10.3 Å². The largest absolute Gasteiger partial charge is 0.391 e. The van der Waals surface area contributed by atoms with Gasteiger partial charge in [-0.1, -0.05) is 13.0 Å². The minimum Gasteiger partial charge on any atom is -0.391 e. The fourth-order valence-corrected chi connectivity index (χ4v) is 1.16. The Hall–Kier alpha value is -1.42. The molecular weight excluding hydrogens is 192 g/mol. The van der Waals surface area contributed by atoms with Crippen LogP contribution < -0.4 is 5.32 Å². The van der Waals surface area contributed by atoms with Crippen molar-refractivity contribution in [2.45, 2.75) is 26.4 Å². The smallest absolute Gasteiger partial charge is 0.270 e. The van der Waals surface area contributed by atoms with Gasteiger partial charge in [0.1, 0.15) is 5.69 Å². The van der Waals surface area contributed by atoms with Crippen molar-refractivity contribution in [2.75, 3.05) is 6.54 Å². The van der Waals surface area contributed by atoms with Crippen LogP contribution in [0.2, 0.25) is 0 Å². The number of hydrogen-bond acceptors (Lipinski definition) is 3. The van der Waals surface area contributed by atoms with Gasteiger partial charge in [-0.3, -0.25) is 9.78 Å². The Kier molecular flexibility index (Phi) is 4.24. The first-order valence-electron chi connectivity index (χ1n) is 5.03. The second-order valence-corrected chi connectivity index (χ2v) is 3.44. The molecule has 0 aliphatic carbocycles. The first-order chi connectivity index (χ1) is 7.15. The molecule has 0 spiro atoms. The summed E-state index contributed by atoms with van der Waals surface area (Å²) in [6.07, 6.45) is 1.72. The van der Waals surface area contributed by atoms with Gasteiger partial charge in [0.05, 0.1) is 6.10 Å². The van der Waals surface area contributed by atoms with E-state index in [1.807, 2.05) is 19.9 Å². The Morgan fingerprint density at radius 2 is 2.40 bits per heavy atom. The number of nitrogens with one attached hydrogen (secondary N) is 1. The van der Waals surface area contributed by atoms with Gasteiger partial charge in [-0.05, 0) is 25.0 Å². The Bertz CT molecular complexity index is 339. The first-order valence-corrected chi connectivity index (χ1v) is 5.03. The summed E-state index contributed by atoms with van der Waals surface area (Å²) in [5, 5.41) is 11.9. The van der Waals surface area contributed by atoms with Crippen molar-refractivity contribution < 1.29 is 9.90 Å². The number of amides is 1. The number of carbonyl (C=O) groups excluding carboxylic acids is 1. The van der Waals surface area contributed by atoms with Crippen LogP contribution in [0, 0.1) is 6.92 Å². The van der Waals surface area contributed by atoms with E-state index in [0.717, 1.165) is 5.56 Å². The van der Waals surface area contributed by atoms with Crippen molar-refractivity contribution >= 4 is 5.91 Å². The molecule has 1 heterocycles. The topological polar surface area (TPSA) is 62.2 Å². The van der Waals surface area contributed by atoms with Gasteiger partial charge in [0.25, 0.3) is 5.91 Å². The Morgan fingerprint density at radius 1 is 1.67 bits per heavy atom. The van der Waals surface area contributed by atoms with Gasteiger partial charge < -0.3 is 10.4 Å². The van der Waals surface area contributed by atoms with E-state index in [4.69, 9.17) is 0 Å². The van der Waals surface area contributed by atoms with Crippen LogP contribution in [0.3, 0.4) is 0 Å². The fourth-order valence-electron chi connectivity index (χ4n) is 1.16. The Labute approximate surface area is 89.3 Å². The highest BCUT2D eigenvalue weighted by atomic mass is 16.3. The maximum atomic E-state index is 11.6. The number of aryl methyl sites for hydroxylation is 1. The molecule has 82 valence electrons. The fraction of sp³-hybridized carbons (Fsp3) is 0.455. The van der Waals surface area contributed by atoms with Gasteiger partial charge in [-0.25, -0.2) is 0 Å². The number of rotatable bonds is 4. The third kappa shape index (κ3) is 3.32. The molecule has 1 atom stereocenters. The minimum absolute atomic E-state index is 0.236. The van der Waals surface area contributed by atoms with Crippen LogP contribution in [0.4, 0.5) is 0 Å². The van der Waals surface area contributed by atoms with Gasteiger partial charge >= 0.3 is 0 Å². The van der Waals surface area contributed by atoms with Crippen LogP contribution in [0.25, 0.3) is 0 Å². The van der Waals surface area contributed by atoms with Crippen molar-refractivity contribution in [1.82, 2.24) is 10.3 Å². The van der Waals surface area contributed by atoms with E-state index >= 15 is 0 Å². The molecule has 0 fully saturated rings. The zero-order valence-electron chi connectivity index (χ0n) is 9.03. The molecule has 15 heavy (non-hydrogen) atoms. The monoisotopic (exact) mass is 208 g/mol. The molecule has 0 aromatic carbocycles. The molecule has 4 nitrogen and oxygen atoms in total. The second kappa shape index (κ2) is 5.46. The molecule has 0 saturated carbocycles. The molecule has 0 bridgehead atoms. The van der Waals surface area contributed by atoms with E-state index in [-0.39, 0.29) is 12.5 Å². The average Bonchev–Trinajstić information content (AvgIpc) is 2.26. The zero-order valence-corrected chi connectivity index (χ0v) is 9.03. The number of aliphatic hydroxyl groups excluding tert-OH is 1.